The van der Waals surface area contributed by atoms with Crippen molar-refractivity contribution in [1.82, 2.24) is 16.0 Å². The summed E-state index contributed by atoms with van der Waals surface area (Å²) in [4.78, 5) is 0. The number of hydrogen-bond acceptors (Lipinski definition) is 3. The maximum absolute atomic E-state index is 3.61. The quantitative estimate of drug-likeness (QED) is 0.617. The Kier molecular flexibility index (Phi) is 6.32. The van der Waals surface area contributed by atoms with Gasteiger partial charge < -0.3 is 16.0 Å². The molecule has 0 saturated carbocycles. The van der Waals surface area contributed by atoms with Crippen molar-refractivity contribution in [1.29, 1.82) is 0 Å². The summed E-state index contributed by atoms with van der Waals surface area (Å²) in [6.07, 6.45) is 11.0. The minimum atomic E-state index is 0.782. The summed E-state index contributed by atoms with van der Waals surface area (Å²) in [5, 5.41) is 10.8. The highest BCUT2D eigenvalue weighted by atomic mass is 14.9. The van der Waals surface area contributed by atoms with Gasteiger partial charge in [-0.2, -0.15) is 0 Å². The van der Waals surface area contributed by atoms with Gasteiger partial charge in [-0.15, -0.1) is 0 Å². The minimum Gasteiger partial charge on any atom is -0.317 e. The van der Waals surface area contributed by atoms with Crippen LogP contribution < -0.4 is 16.0 Å². The lowest BCUT2D eigenvalue weighted by Crippen LogP contribution is -2.38. The van der Waals surface area contributed by atoms with E-state index in [1.807, 2.05) is 0 Å². The Bertz CT molecular complexity index is 164. The minimum absolute atomic E-state index is 0.782. The summed E-state index contributed by atoms with van der Waals surface area (Å²) in [6, 6.07) is 1.56. The number of hydrogen-bond donors (Lipinski definition) is 3. The van der Waals surface area contributed by atoms with Gasteiger partial charge in [0.05, 0.1) is 0 Å². The van der Waals surface area contributed by atoms with E-state index in [9.17, 15) is 0 Å². The second kappa shape index (κ2) is 8.06. The molecule has 0 spiro atoms. The zero-order chi connectivity index (χ0) is 11.8. The van der Waals surface area contributed by atoms with Crippen LogP contribution in [0.1, 0.15) is 51.4 Å². The highest BCUT2D eigenvalue weighted by molar-refractivity contribution is 4.75. The molecule has 0 aromatic carbocycles. The van der Waals surface area contributed by atoms with Crippen LogP contribution in [0.5, 0.6) is 0 Å². The van der Waals surface area contributed by atoms with Crippen molar-refractivity contribution < 1.29 is 0 Å². The van der Waals surface area contributed by atoms with E-state index in [0.717, 1.165) is 12.1 Å². The Hall–Kier alpha value is -0.120. The van der Waals surface area contributed by atoms with Gasteiger partial charge in [-0.3, -0.25) is 0 Å². The van der Waals surface area contributed by atoms with Gasteiger partial charge in [0.25, 0.3) is 0 Å². The molecule has 0 aromatic heterocycles. The summed E-state index contributed by atoms with van der Waals surface area (Å²) < 4.78 is 0. The molecule has 2 heterocycles. The topological polar surface area (TPSA) is 36.1 Å². The molecule has 2 atom stereocenters. The number of rotatable bonds is 6. The second-order valence-electron chi connectivity index (χ2n) is 5.62. The Morgan fingerprint density at radius 1 is 0.765 bits per heavy atom. The van der Waals surface area contributed by atoms with Crippen LogP contribution in [0.25, 0.3) is 0 Å². The molecule has 2 saturated heterocycles. The first-order valence-corrected chi connectivity index (χ1v) is 7.62. The highest BCUT2D eigenvalue weighted by Gasteiger charge is 2.13. The molecular weight excluding hydrogens is 210 g/mol. The Morgan fingerprint density at radius 3 is 1.71 bits per heavy atom. The molecule has 17 heavy (non-hydrogen) atoms. The predicted molar refractivity (Wildman–Crippen MR) is 73.4 cm³/mol. The van der Waals surface area contributed by atoms with Crippen LogP contribution in [0, 0.1) is 0 Å². The molecule has 2 aliphatic heterocycles. The van der Waals surface area contributed by atoms with Gasteiger partial charge in [0.2, 0.25) is 0 Å². The van der Waals surface area contributed by atoms with E-state index in [1.54, 1.807) is 0 Å². The molecule has 0 aromatic rings. The van der Waals surface area contributed by atoms with Crippen LogP contribution in [-0.2, 0) is 0 Å². The summed E-state index contributed by atoms with van der Waals surface area (Å²) in [5.41, 5.74) is 0. The van der Waals surface area contributed by atoms with E-state index in [4.69, 9.17) is 0 Å². The second-order valence-corrected chi connectivity index (χ2v) is 5.62. The molecule has 100 valence electrons. The molecule has 2 unspecified atom stereocenters. The fraction of sp³-hybridized carbons (Fsp3) is 1.00. The third-order valence-electron chi connectivity index (χ3n) is 4.16. The first-order chi connectivity index (χ1) is 8.45. The van der Waals surface area contributed by atoms with E-state index in [0.29, 0.717) is 0 Å². The molecule has 3 N–H and O–H groups in total. The van der Waals surface area contributed by atoms with E-state index in [1.165, 1.54) is 77.5 Å². The standard InChI is InChI=1S/C14H29N3/c1-3-9-16-13(5-1)7-11-15-12-8-14-6-2-4-10-17-14/h13-17H,1-12H2. The van der Waals surface area contributed by atoms with Crippen LogP contribution in [0.2, 0.25) is 0 Å². The Labute approximate surface area is 106 Å². The lowest BCUT2D eigenvalue weighted by molar-refractivity contribution is 0.360. The largest absolute Gasteiger partial charge is 0.317 e. The third-order valence-corrected chi connectivity index (χ3v) is 4.16. The van der Waals surface area contributed by atoms with Gasteiger partial charge in [-0.25, -0.2) is 0 Å². The lowest BCUT2D eigenvalue weighted by Gasteiger charge is -2.25. The summed E-state index contributed by atoms with van der Waals surface area (Å²) >= 11 is 0. The first-order valence-electron chi connectivity index (χ1n) is 7.62. The molecule has 0 aliphatic carbocycles. The zero-order valence-corrected chi connectivity index (χ0v) is 11.1. The van der Waals surface area contributed by atoms with Gasteiger partial charge in [0, 0.05) is 12.1 Å². The fourth-order valence-corrected chi connectivity index (χ4v) is 3.02. The van der Waals surface area contributed by atoms with Crippen molar-refractivity contribution in [2.24, 2.45) is 0 Å². The van der Waals surface area contributed by atoms with Crippen molar-refractivity contribution in [3.05, 3.63) is 0 Å². The fourth-order valence-electron chi connectivity index (χ4n) is 3.02. The van der Waals surface area contributed by atoms with Crippen molar-refractivity contribution in [2.45, 2.75) is 63.5 Å². The molecule has 0 amide bonds. The third kappa shape index (κ3) is 5.36. The van der Waals surface area contributed by atoms with Crippen LogP contribution in [0.3, 0.4) is 0 Å². The molecule has 2 fully saturated rings. The first kappa shape index (κ1) is 13.3. The number of nitrogens with one attached hydrogen (secondary N) is 3. The van der Waals surface area contributed by atoms with Crippen LogP contribution in [0.4, 0.5) is 0 Å². The molecule has 0 bridgehead atoms. The van der Waals surface area contributed by atoms with Gasteiger partial charge in [0.15, 0.2) is 0 Å². The predicted octanol–water partition coefficient (Wildman–Crippen LogP) is 1.64. The van der Waals surface area contributed by atoms with Crippen molar-refractivity contribution in [3.63, 3.8) is 0 Å². The normalized spacial score (nSPS) is 30.4. The molecule has 2 rings (SSSR count). The average Bonchev–Trinajstić information content (AvgIpc) is 2.41. The van der Waals surface area contributed by atoms with E-state index in [2.05, 4.69) is 16.0 Å². The SMILES string of the molecule is C1CCC(CCNCCC2CCCCN2)NC1. The Morgan fingerprint density at radius 2 is 1.29 bits per heavy atom. The van der Waals surface area contributed by atoms with Crippen LogP contribution in [-0.4, -0.2) is 38.3 Å². The monoisotopic (exact) mass is 239 g/mol. The van der Waals surface area contributed by atoms with E-state index in [-0.39, 0.29) is 0 Å². The molecular formula is C14H29N3. The van der Waals surface area contributed by atoms with Crippen LogP contribution in [0.15, 0.2) is 0 Å². The van der Waals surface area contributed by atoms with E-state index >= 15 is 0 Å². The van der Waals surface area contributed by atoms with Gasteiger partial charge >= 0.3 is 0 Å². The molecule has 3 heteroatoms. The average molecular weight is 239 g/mol. The summed E-state index contributed by atoms with van der Waals surface area (Å²) in [7, 11) is 0. The molecule has 2 aliphatic rings. The van der Waals surface area contributed by atoms with Gasteiger partial charge in [-0.05, 0) is 64.7 Å². The van der Waals surface area contributed by atoms with E-state index < -0.39 is 0 Å². The van der Waals surface area contributed by atoms with Gasteiger partial charge in [0.1, 0.15) is 0 Å². The zero-order valence-electron chi connectivity index (χ0n) is 11.1. The lowest BCUT2D eigenvalue weighted by atomic mass is 10.0. The summed E-state index contributed by atoms with van der Waals surface area (Å²) in [6.45, 7) is 4.84. The smallest absolute Gasteiger partial charge is 0.00791 e. The summed E-state index contributed by atoms with van der Waals surface area (Å²) in [5.74, 6) is 0. The number of piperidine rings is 2. The molecule has 3 nitrogen and oxygen atoms in total. The highest BCUT2D eigenvalue weighted by Crippen LogP contribution is 2.10. The maximum atomic E-state index is 3.61. The maximum Gasteiger partial charge on any atom is 0.00791 e. The van der Waals surface area contributed by atoms with Crippen LogP contribution >= 0.6 is 0 Å². The van der Waals surface area contributed by atoms with Crippen molar-refractivity contribution in [3.8, 4) is 0 Å². The van der Waals surface area contributed by atoms with Crippen molar-refractivity contribution >= 4 is 0 Å². The van der Waals surface area contributed by atoms with Crippen molar-refractivity contribution in [2.75, 3.05) is 26.2 Å². The molecule has 0 radical (unpaired) electrons. The Balaban J connectivity index is 1.42. The van der Waals surface area contributed by atoms with Gasteiger partial charge in [-0.1, -0.05) is 12.8 Å².